The van der Waals surface area contributed by atoms with Gasteiger partial charge in [0.25, 0.3) is 0 Å². The van der Waals surface area contributed by atoms with Crippen LogP contribution in [0.25, 0.3) is 11.0 Å². The number of nitrogens with zero attached hydrogens (tertiary/aromatic N) is 5. The van der Waals surface area contributed by atoms with Crippen molar-refractivity contribution in [2.75, 3.05) is 50.1 Å². The maximum absolute atomic E-state index is 6.21. The minimum Gasteiger partial charge on any atom is -0.477 e. The molecular weight excluding hydrogens is 573 g/mol. The fraction of sp³-hybridized carbons (Fsp3) is 0.432. The summed E-state index contributed by atoms with van der Waals surface area (Å²) in [6.07, 6.45) is 2.64. The predicted octanol–water partition coefficient (Wildman–Crippen LogP) is 7.71. The molecule has 1 fully saturated rings. The lowest BCUT2D eigenvalue weighted by Crippen LogP contribution is -2.44. The van der Waals surface area contributed by atoms with Gasteiger partial charge in [-0.25, -0.2) is 4.98 Å². The van der Waals surface area contributed by atoms with Crippen molar-refractivity contribution in [2.24, 2.45) is 0 Å². The van der Waals surface area contributed by atoms with Crippen LogP contribution < -0.4 is 15.0 Å². The van der Waals surface area contributed by atoms with Crippen molar-refractivity contribution < 1.29 is 4.74 Å². The zero-order valence-electron chi connectivity index (χ0n) is 28.0. The SMILES string of the molecule is CC(C)[Si](C#Cc1cc(OCCc2ccccc2)nc2nc(Nc3ccc(N4CCN(C)CC4)cc3)ncc12)(C(C)C)C(C)C. The Morgan fingerprint density at radius 2 is 1.53 bits per heavy atom. The van der Waals surface area contributed by atoms with Crippen molar-refractivity contribution in [2.45, 2.75) is 64.6 Å². The number of fused-ring (bicyclic) bond motifs is 1. The minimum atomic E-state index is -1.95. The van der Waals surface area contributed by atoms with Crippen LogP contribution in [0.2, 0.25) is 16.6 Å². The van der Waals surface area contributed by atoms with Gasteiger partial charge in [0, 0.05) is 61.8 Å². The Morgan fingerprint density at radius 3 is 2.18 bits per heavy atom. The Labute approximate surface area is 270 Å². The van der Waals surface area contributed by atoms with Gasteiger partial charge in [-0.15, -0.1) is 5.54 Å². The van der Waals surface area contributed by atoms with E-state index in [4.69, 9.17) is 14.7 Å². The fourth-order valence-corrected chi connectivity index (χ4v) is 11.9. The first-order chi connectivity index (χ1) is 21.7. The Hall–Kier alpha value is -3.93. The molecule has 236 valence electrons. The van der Waals surface area contributed by atoms with Crippen molar-refractivity contribution in [3.05, 3.63) is 78.0 Å². The first-order valence-corrected chi connectivity index (χ1v) is 18.6. The predicted molar refractivity (Wildman–Crippen MR) is 190 cm³/mol. The Morgan fingerprint density at radius 1 is 0.867 bits per heavy atom. The lowest BCUT2D eigenvalue weighted by molar-refractivity contribution is 0.310. The third-order valence-corrected chi connectivity index (χ3v) is 15.6. The highest BCUT2D eigenvalue weighted by Gasteiger charge is 2.41. The molecule has 0 spiro atoms. The highest BCUT2D eigenvalue weighted by molar-refractivity contribution is 6.90. The molecule has 3 heterocycles. The number of hydrogen-bond donors (Lipinski definition) is 1. The number of nitrogens with one attached hydrogen (secondary N) is 1. The number of rotatable bonds is 10. The molecule has 2 aromatic carbocycles. The van der Waals surface area contributed by atoms with Crippen LogP contribution in [0, 0.1) is 11.5 Å². The van der Waals surface area contributed by atoms with Gasteiger partial charge in [0.1, 0.15) is 8.07 Å². The molecule has 5 rings (SSSR count). The van der Waals surface area contributed by atoms with Gasteiger partial charge in [0.2, 0.25) is 11.8 Å². The van der Waals surface area contributed by atoms with Crippen LogP contribution in [0.4, 0.5) is 17.3 Å². The molecule has 0 atom stereocenters. The average Bonchev–Trinajstić information content (AvgIpc) is 3.02. The van der Waals surface area contributed by atoms with Gasteiger partial charge in [-0.2, -0.15) is 9.97 Å². The Balaban J connectivity index is 1.44. The summed E-state index contributed by atoms with van der Waals surface area (Å²) in [5, 5.41) is 4.22. The second kappa shape index (κ2) is 14.4. The van der Waals surface area contributed by atoms with Gasteiger partial charge in [-0.05, 0) is 53.5 Å². The number of likely N-dealkylation sites (N-methyl/N-ethyl adjacent to an activating group) is 1. The van der Waals surface area contributed by atoms with E-state index < -0.39 is 8.07 Å². The number of pyridine rings is 1. The summed E-state index contributed by atoms with van der Waals surface area (Å²) in [7, 11) is 0.228. The molecule has 1 saturated heterocycles. The first kappa shape index (κ1) is 32.5. The van der Waals surface area contributed by atoms with Crippen molar-refractivity contribution in [1.82, 2.24) is 19.9 Å². The summed E-state index contributed by atoms with van der Waals surface area (Å²) in [6.45, 7) is 18.8. The first-order valence-electron chi connectivity index (χ1n) is 16.3. The molecular formula is C37H48N6OSi. The molecule has 0 aliphatic carbocycles. The van der Waals surface area contributed by atoms with E-state index >= 15 is 0 Å². The summed E-state index contributed by atoms with van der Waals surface area (Å²) in [5.74, 6) is 4.65. The quantitative estimate of drug-likeness (QED) is 0.144. The van der Waals surface area contributed by atoms with Crippen LogP contribution in [0.1, 0.15) is 52.7 Å². The van der Waals surface area contributed by atoms with Crippen LogP contribution >= 0.6 is 0 Å². The van der Waals surface area contributed by atoms with Crippen LogP contribution in [-0.2, 0) is 6.42 Å². The summed E-state index contributed by atoms with van der Waals surface area (Å²) >= 11 is 0. The normalized spacial score (nSPS) is 14.2. The molecule has 4 aromatic rings. The van der Waals surface area contributed by atoms with E-state index in [1.54, 1.807) is 0 Å². The number of hydrogen-bond acceptors (Lipinski definition) is 7. The monoisotopic (exact) mass is 620 g/mol. The molecule has 0 amide bonds. The molecule has 0 bridgehead atoms. The van der Waals surface area contributed by atoms with Crippen LogP contribution in [0.5, 0.6) is 5.88 Å². The van der Waals surface area contributed by atoms with Gasteiger partial charge >= 0.3 is 0 Å². The lowest BCUT2D eigenvalue weighted by Gasteiger charge is -2.38. The maximum Gasteiger partial charge on any atom is 0.229 e. The summed E-state index contributed by atoms with van der Waals surface area (Å²) in [5.41, 5.74) is 10.3. The van der Waals surface area contributed by atoms with E-state index in [9.17, 15) is 0 Å². The summed E-state index contributed by atoms with van der Waals surface area (Å²) < 4.78 is 6.21. The highest BCUT2D eigenvalue weighted by atomic mass is 28.3. The van der Waals surface area contributed by atoms with Gasteiger partial charge in [0.15, 0.2) is 5.65 Å². The molecule has 45 heavy (non-hydrogen) atoms. The van der Waals surface area contributed by atoms with E-state index in [1.165, 1.54) is 11.3 Å². The number of benzene rings is 2. The molecule has 1 aliphatic rings. The van der Waals surface area contributed by atoms with Gasteiger partial charge in [0.05, 0.1) is 12.0 Å². The summed E-state index contributed by atoms with van der Waals surface area (Å²) in [4.78, 5) is 19.1. The second-order valence-electron chi connectivity index (χ2n) is 13.1. The van der Waals surface area contributed by atoms with Crippen molar-refractivity contribution in [3.63, 3.8) is 0 Å². The topological polar surface area (TPSA) is 66.4 Å². The summed E-state index contributed by atoms with van der Waals surface area (Å²) in [6, 6.07) is 20.8. The Bertz CT molecular complexity index is 1600. The molecule has 0 radical (unpaired) electrons. The van der Waals surface area contributed by atoms with E-state index in [0.29, 0.717) is 40.7 Å². The van der Waals surface area contributed by atoms with Crippen LogP contribution in [0.15, 0.2) is 66.9 Å². The molecule has 0 saturated carbocycles. The van der Waals surface area contributed by atoms with Gasteiger partial charge in [-0.1, -0.05) is 77.8 Å². The standard InChI is InChI=1S/C37H48N6OSi/c1-27(2)45(28(3)4,29(5)6)24-18-31-25-35(44-23-17-30-11-9-8-10-12-30)40-36-34(31)26-38-37(41-36)39-32-13-15-33(16-14-32)43-21-19-42(7)20-22-43/h8-16,25-29H,17,19-23H2,1-7H3,(H,38,39,40,41). The molecule has 8 heteroatoms. The lowest BCUT2D eigenvalue weighted by atomic mass is 10.2. The minimum absolute atomic E-state index is 0.498. The molecule has 7 nitrogen and oxygen atoms in total. The molecule has 2 aromatic heterocycles. The zero-order chi connectivity index (χ0) is 32.0. The maximum atomic E-state index is 6.21. The number of aromatic nitrogens is 3. The number of ether oxygens (including phenoxy) is 1. The Kier molecular flexibility index (Phi) is 10.4. The second-order valence-corrected chi connectivity index (χ2v) is 18.7. The average molecular weight is 621 g/mol. The van der Waals surface area contributed by atoms with Crippen LogP contribution in [-0.4, -0.2) is 67.8 Å². The van der Waals surface area contributed by atoms with Crippen molar-refractivity contribution in [3.8, 4) is 17.3 Å². The molecule has 1 N–H and O–H groups in total. The van der Waals surface area contributed by atoms with Gasteiger partial charge < -0.3 is 19.9 Å². The van der Waals surface area contributed by atoms with Gasteiger partial charge in [-0.3, -0.25) is 0 Å². The fourth-order valence-electron chi connectivity index (χ4n) is 6.70. The third kappa shape index (κ3) is 7.66. The van der Waals surface area contributed by atoms with Crippen LogP contribution in [0.3, 0.4) is 0 Å². The molecule has 0 unspecified atom stereocenters. The number of anilines is 3. The van der Waals surface area contributed by atoms with E-state index in [-0.39, 0.29) is 0 Å². The third-order valence-electron chi connectivity index (χ3n) is 9.30. The zero-order valence-corrected chi connectivity index (χ0v) is 29.0. The van der Waals surface area contributed by atoms with E-state index in [1.807, 2.05) is 18.3 Å². The van der Waals surface area contributed by atoms with E-state index in [2.05, 4.69) is 129 Å². The largest absolute Gasteiger partial charge is 0.477 e. The molecule has 1 aliphatic heterocycles. The van der Waals surface area contributed by atoms with Crippen molar-refractivity contribution in [1.29, 1.82) is 0 Å². The van der Waals surface area contributed by atoms with E-state index in [0.717, 1.165) is 49.2 Å². The number of piperazine rings is 1. The smallest absolute Gasteiger partial charge is 0.229 e. The van der Waals surface area contributed by atoms with Crippen molar-refractivity contribution >= 4 is 36.4 Å². The highest BCUT2D eigenvalue weighted by Crippen LogP contribution is 2.41.